The molecular weight excluding hydrogens is 242 g/mol. The molecule has 0 spiro atoms. The van der Waals surface area contributed by atoms with Crippen molar-refractivity contribution in [2.45, 2.75) is 38.6 Å². The summed E-state index contributed by atoms with van der Waals surface area (Å²) in [7, 11) is 0. The van der Waals surface area contributed by atoms with Crippen LogP contribution >= 0.6 is 0 Å². The van der Waals surface area contributed by atoms with E-state index >= 15 is 0 Å². The first-order valence-electron chi connectivity index (χ1n) is 7.45. The van der Waals surface area contributed by atoms with Crippen molar-refractivity contribution in [3.8, 4) is 0 Å². The summed E-state index contributed by atoms with van der Waals surface area (Å²) in [6.45, 7) is 6.72. The van der Waals surface area contributed by atoms with E-state index in [1.165, 1.54) is 6.42 Å². The summed E-state index contributed by atoms with van der Waals surface area (Å²) >= 11 is 0. The highest BCUT2D eigenvalue weighted by atomic mass is 16.2. The number of piperidine rings is 1. The van der Waals surface area contributed by atoms with Crippen molar-refractivity contribution >= 4 is 12.3 Å². The average Bonchev–Trinajstić information content (AvgIpc) is 2.48. The number of rotatable bonds is 4. The maximum atomic E-state index is 12.4. The second-order valence-corrected chi connectivity index (χ2v) is 5.56. The molecule has 2 heterocycles. The van der Waals surface area contributed by atoms with E-state index in [4.69, 9.17) is 0 Å². The first-order chi connectivity index (χ1) is 9.24. The predicted octanol–water partition coefficient (Wildman–Crippen LogP) is 0.552. The second kappa shape index (κ2) is 6.89. The van der Waals surface area contributed by atoms with Gasteiger partial charge in [0.05, 0.1) is 6.54 Å². The largest absolute Gasteiger partial charge is 0.343 e. The quantitative estimate of drug-likeness (QED) is 0.699. The number of hydrogen-bond donors (Lipinski definition) is 0. The van der Waals surface area contributed by atoms with Gasteiger partial charge in [-0.2, -0.15) is 0 Å². The van der Waals surface area contributed by atoms with E-state index in [0.29, 0.717) is 12.6 Å². The Balaban J connectivity index is 1.81. The van der Waals surface area contributed by atoms with Gasteiger partial charge in [-0.25, -0.2) is 0 Å². The van der Waals surface area contributed by atoms with Crippen LogP contribution in [0.4, 0.5) is 0 Å². The van der Waals surface area contributed by atoms with Crippen molar-refractivity contribution in [1.82, 2.24) is 14.7 Å². The van der Waals surface area contributed by atoms with E-state index in [9.17, 15) is 9.59 Å². The molecule has 0 aromatic rings. The highest BCUT2D eigenvalue weighted by Gasteiger charge is 2.27. The average molecular weight is 267 g/mol. The van der Waals surface area contributed by atoms with Crippen molar-refractivity contribution in [1.29, 1.82) is 0 Å². The first kappa shape index (κ1) is 14.3. The number of hydrogen-bond acceptors (Lipinski definition) is 3. The molecule has 2 amide bonds. The molecule has 5 nitrogen and oxygen atoms in total. The van der Waals surface area contributed by atoms with Crippen LogP contribution in [0.5, 0.6) is 0 Å². The maximum absolute atomic E-state index is 12.4. The van der Waals surface area contributed by atoms with Crippen molar-refractivity contribution in [2.75, 3.05) is 39.3 Å². The molecule has 0 aliphatic carbocycles. The summed E-state index contributed by atoms with van der Waals surface area (Å²) in [4.78, 5) is 29.1. The zero-order valence-electron chi connectivity index (χ0n) is 11.9. The van der Waals surface area contributed by atoms with Crippen molar-refractivity contribution in [3.63, 3.8) is 0 Å². The van der Waals surface area contributed by atoms with Crippen molar-refractivity contribution in [2.24, 2.45) is 0 Å². The lowest BCUT2D eigenvalue weighted by Crippen LogP contribution is -2.52. The lowest BCUT2D eigenvalue weighted by molar-refractivity contribution is -0.136. The summed E-state index contributed by atoms with van der Waals surface area (Å²) in [5.41, 5.74) is 0. The highest BCUT2D eigenvalue weighted by Crippen LogP contribution is 2.19. The minimum atomic E-state index is 0.270. The second-order valence-electron chi connectivity index (χ2n) is 5.56. The third-order valence-electron chi connectivity index (χ3n) is 4.33. The molecule has 0 N–H and O–H groups in total. The third kappa shape index (κ3) is 3.69. The van der Waals surface area contributed by atoms with E-state index in [-0.39, 0.29) is 5.91 Å². The van der Waals surface area contributed by atoms with Gasteiger partial charge in [0.15, 0.2) is 0 Å². The Morgan fingerprint density at radius 2 is 1.89 bits per heavy atom. The molecule has 108 valence electrons. The number of carbonyl (C=O) groups excluding carboxylic acids is 2. The van der Waals surface area contributed by atoms with Gasteiger partial charge in [-0.05, 0) is 25.7 Å². The van der Waals surface area contributed by atoms with E-state index in [1.54, 1.807) is 4.90 Å². The molecule has 0 radical (unpaired) electrons. The van der Waals surface area contributed by atoms with Crippen LogP contribution in [0.15, 0.2) is 0 Å². The molecule has 0 aromatic heterocycles. The van der Waals surface area contributed by atoms with Crippen LogP contribution in [0, 0.1) is 0 Å². The van der Waals surface area contributed by atoms with Gasteiger partial charge in [0.25, 0.3) is 0 Å². The minimum absolute atomic E-state index is 0.270. The molecule has 1 unspecified atom stereocenters. The summed E-state index contributed by atoms with van der Waals surface area (Å²) in [6.07, 6.45) is 5.50. The summed E-state index contributed by atoms with van der Waals surface area (Å²) in [6, 6.07) is 0.442. The van der Waals surface area contributed by atoms with E-state index in [1.807, 2.05) is 0 Å². The Hall–Kier alpha value is -1.10. The van der Waals surface area contributed by atoms with Crippen LogP contribution in [0.25, 0.3) is 0 Å². The molecule has 2 rings (SSSR count). The molecular formula is C14H25N3O2. The number of piperazine rings is 1. The Morgan fingerprint density at radius 3 is 2.53 bits per heavy atom. The van der Waals surface area contributed by atoms with Crippen LogP contribution in [-0.2, 0) is 9.59 Å². The zero-order valence-corrected chi connectivity index (χ0v) is 11.9. The minimum Gasteiger partial charge on any atom is -0.343 e. The van der Waals surface area contributed by atoms with Gasteiger partial charge >= 0.3 is 0 Å². The molecule has 2 saturated heterocycles. The SMILES string of the molecule is CCC1CCCCN1C(=O)CN1CCN(C=O)CC1. The fraction of sp³-hybridized carbons (Fsp3) is 0.857. The summed E-state index contributed by atoms with van der Waals surface area (Å²) < 4.78 is 0. The zero-order chi connectivity index (χ0) is 13.7. The van der Waals surface area contributed by atoms with Crippen LogP contribution in [0.3, 0.4) is 0 Å². The molecule has 0 aromatic carbocycles. The van der Waals surface area contributed by atoms with E-state index in [2.05, 4.69) is 16.7 Å². The number of likely N-dealkylation sites (tertiary alicyclic amines) is 1. The Labute approximate surface area is 115 Å². The topological polar surface area (TPSA) is 43.9 Å². The number of nitrogens with zero attached hydrogens (tertiary/aromatic N) is 3. The standard InChI is InChI=1S/C14H25N3O2/c1-2-13-5-3-4-6-17(13)14(19)11-15-7-9-16(12-18)10-8-15/h12-13H,2-11H2,1H3. The number of amides is 2. The lowest BCUT2D eigenvalue weighted by Gasteiger charge is -2.38. The third-order valence-corrected chi connectivity index (χ3v) is 4.33. The molecule has 1 atom stereocenters. The van der Waals surface area contributed by atoms with Gasteiger partial charge in [0, 0.05) is 38.8 Å². The van der Waals surface area contributed by atoms with Gasteiger partial charge in [0.1, 0.15) is 0 Å². The van der Waals surface area contributed by atoms with Crippen LogP contribution in [0.1, 0.15) is 32.6 Å². The van der Waals surface area contributed by atoms with Crippen LogP contribution in [-0.4, -0.2) is 72.3 Å². The Bertz CT molecular complexity index is 314. The molecule has 5 heteroatoms. The van der Waals surface area contributed by atoms with Crippen molar-refractivity contribution < 1.29 is 9.59 Å². The van der Waals surface area contributed by atoms with Gasteiger partial charge in [0.2, 0.25) is 12.3 Å². The van der Waals surface area contributed by atoms with Crippen LogP contribution < -0.4 is 0 Å². The predicted molar refractivity (Wildman–Crippen MR) is 73.7 cm³/mol. The number of carbonyl (C=O) groups is 2. The maximum Gasteiger partial charge on any atom is 0.236 e. The smallest absolute Gasteiger partial charge is 0.236 e. The van der Waals surface area contributed by atoms with Gasteiger partial charge in [-0.15, -0.1) is 0 Å². The Morgan fingerprint density at radius 1 is 1.16 bits per heavy atom. The summed E-state index contributed by atoms with van der Waals surface area (Å²) in [5, 5.41) is 0. The van der Waals surface area contributed by atoms with Crippen LogP contribution in [0.2, 0.25) is 0 Å². The Kier molecular flexibility index (Phi) is 5.19. The molecule has 19 heavy (non-hydrogen) atoms. The highest BCUT2D eigenvalue weighted by molar-refractivity contribution is 5.78. The van der Waals surface area contributed by atoms with Gasteiger partial charge < -0.3 is 9.80 Å². The van der Waals surface area contributed by atoms with Crippen molar-refractivity contribution in [3.05, 3.63) is 0 Å². The van der Waals surface area contributed by atoms with E-state index < -0.39 is 0 Å². The molecule has 2 fully saturated rings. The fourth-order valence-corrected chi connectivity index (χ4v) is 3.06. The monoisotopic (exact) mass is 267 g/mol. The van der Waals surface area contributed by atoms with Gasteiger partial charge in [-0.1, -0.05) is 6.92 Å². The first-order valence-corrected chi connectivity index (χ1v) is 7.45. The fourth-order valence-electron chi connectivity index (χ4n) is 3.06. The molecule has 0 bridgehead atoms. The molecule has 2 aliphatic heterocycles. The molecule has 2 aliphatic rings. The molecule has 0 saturated carbocycles. The van der Waals surface area contributed by atoms with E-state index in [0.717, 1.165) is 58.4 Å². The van der Waals surface area contributed by atoms with Gasteiger partial charge in [-0.3, -0.25) is 14.5 Å². The normalized spacial score (nSPS) is 25.4. The summed E-state index contributed by atoms with van der Waals surface area (Å²) in [5.74, 6) is 0.270. The lowest BCUT2D eigenvalue weighted by atomic mass is 10.00.